The highest BCUT2D eigenvalue weighted by Crippen LogP contribution is 2.32. The number of benzene rings is 2. The number of ether oxygens (including phenoxy) is 3. The molecule has 0 saturated heterocycles. The third-order valence-electron chi connectivity index (χ3n) is 3.74. The zero-order valence-corrected chi connectivity index (χ0v) is 14.8. The second-order valence-corrected chi connectivity index (χ2v) is 6.19. The number of anilines is 1. The lowest BCUT2D eigenvalue weighted by molar-refractivity contribution is -0.117. The van der Waals surface area contributed by atoms with Crippen LogP contribution < -0.4 is 19.5 Å². The van der Waals surface area contributed by atoms with E-state index in [1.165, 1.54) is 0 Å². The van der Waals surface area contributed by atoms with Crippen molar-refractivity contribution in [3.63, 3.8) is 0 Å². The maximum absolute atomic E-state index is 12.3. The minimum absolute atomic E-state index is 0.149. The van der Waals surface area contributed by atoms with Crippen LogP contribution in [0.5, 0.6) is 17.2 Å². The highest BCUT2D eigenvalue weighted by molar-refractivity contribution is 6.31. The molecule has 0 atom stereocenters. The highest BCUT2D eigenvalue weighted by atomic mass is 35.5. The van der Waals surface area contributed by atoms with Gasteiger partial charge in [0, 0.05) is 11.6 Å². The summed E-state index contributed by atoms with van der Waals surface area (Å²) in [6.45, 7) is 1.08. The zero-order chi connectivity index (χ0) is 17.8. The summed E-state index contributed by atoms with van der Waals surface area (Å²) in [6, 6.07) is 10.9. The van der Waals surface area contributed by atoms with E-state index < -0.39 is 0 Å². The number of likely N-dealkylation sites (N-methyl/N-ethyl adjacent to an activating group) is 1. The molecule has 0 aromatic heterocycles. The summed E-state index contributed by atoms with van der Waals surface area (Å²) in [4.78, 5) is 14.2. The average Bonchev–Trinajstić information content (AvgIpc) is 3.02. The number of hydrogen-bond acceptors (Lipinski definition) is 5. The smallest absolute Gasteiger partial charge is 0.238 e. The second-order valence-electron chi connectivity index (χ2n) is 5.75. The van der Waals surface area contributed by atoms with Crippen molar-refractivity contribution >= 4 is 23.2 Å². The summed E-state index contributed by atoms with van der Waals surface area (Å²) in [5, 5.41) is 3.36. The fourth-order valence-electron chi connectivity index (χ4n) is 2.62. The summed E-state index contributed by atoms with van der Waals surface area (Å²) in [7, 11) is 3.42. The van der Waals surface area contributed by atoms with E-state index in [2.05, 4.69) is 5.32 Å². The minimum Gasteiger partial charge on any atom is -0.495 e. The predicted molar refractivity (Wildman–Crippen MR) is 95.5 cm³/mol. The Labute approximate surface area is 151 Å². The van der Waals surface area contributed by atoms with E-state index in [1.54, 1.807) is 25.3 Å². The van der Waals surface area contributed by atoms with Crippen LogP contribution in [0.15, 0.2) is 36.4 Å². The number of rotatable bonds is 6. The number of methoxy groups -OCH3 is 1. The van der Waals surface area contributed by atoms with Crippen LogP contribution in [0.1, 0.15) is 5.56 Å². The predicted octanol–water partition coefficient (Wildman–Crippen LogP) is 3.15. The van der Waals surface area contributed by atoms with Crippen molar-refractivity contribution < 1.29 is 19.0 Å². The average molecular weight is 363 g/mol. The zero-order valence-electron chi connectivity index (χ0n) is 14.0. The maximum atomic E-state index is 12.3. The number of fused-ring (bicyclic) bond motifs is 1. The number of hydrogen-bond donors (Lipinski definition) is 1. The molecular formula is C18H19ClN2O4. The number of halogens is 1. The number of amides is 1. The number of nitrogens with zero attached hydrogens (tertiary/aromatic N) is 1. The first-order valence-corrected chi connectivity index (χ1v) is 8.13. The van der Waals surface area contributed by atoms with Crippen molar-refractivity contribution in [3.05, 3.63) is 47.0 Å². The molecule has 0 bridgehead atoms. The Hall–Kier alpha value is -2.44. The molecule has 25 heavy (non-hydrogen) atoms. The molecule has 0 unspecified atom stereocenters. The summed E-state index contributed by atoms with van der Waals surface area (Å²) in [5.74, 6) is 1.90. The van der Waals surface area contributed by atoms with Gasteiger partial charge in [-0.1, -0.05) is 17.7 Å². The first-order chi connectivity index (χ1) is 12.0. The third-order valence-corrected chi connectivity index (χ3v) is 3.97. The molecule has 0 fully saturated rings. The van der Waals surface area contributed by atoms with Crippen LogP contribution in [-0.2, 0) is 11.3 Å². The Kier molecular flexibility index (Phi) is 5.31. The third kappa shape index (κ3) is 4.35. The van der Waals surface area contributed by atoms with Crippen molar-refractivity contribution in [3.8, 4) is 17.2 Å². The standard InChI is InChI=1S/C18H19ClN2O4/c1-21(9-12-3-5-16-17(7-12)25-11-24-16)10-18(22)20-14-8-13(19)4-6-15(14)23-2/h3-8H,9-11H2,1-2H3,(H,20,22). The van der Waals surface area contributed by atoms with Gasteiger partial charge in [-0.2, -0.15) is 0 Å². The van der Waals surface area contributed by atoms with Crippen LogP contribution in [0, 0.1) is 0 Å². The van der Waals surface area contributed by atoms with E-state index in [4.69, 9.17) is 25.8 Å². The van der Waals surface area contributed by atoms with Gasteiger partial charge in [-0.15, -0.1) is 0 Å². The topological polar surface area (TPSA) is 60.0 Å². The van der Waals surface area contributed by atoms with Crippen LogP contribution in [-0.4, -0.2) is 38.3 Å². The second kappa shape index (κ2) is 7.63. The summed E-state index contributed by atoms with van der Waals surface area (Å²) >= 11 is 5.98. The van der Waals surface area contributed by atoms with Crippen molar-refractivity contribution in [1.29, 1.82) is 0 Å². The van der Waals surface area contributed by atoms with Gasteiger partial charge in [0.1, 0.15) is 5.75 Å². The van der Waals surface area contributed by atoms with Crippen LogP contribution in [0.2, 0.25) is 5.02 Å². The highest BCUT2D eigenvalue weighted by Gasteiger charge is 2.15. The summed E-state index contributed by atoms with van der Waals surface area (Å²) in [6.07, 6.45) is 0. The number of carbonyl (C=O) groups excluding carboxylic acids is 1. The molecule has 2 aromatic carbocycles. The van der Waals surface area contributed by atoms with E-state index in [9.17, 15) is 4.79 Å². The summed E-state index contributed by atoms with van der Waals surface area (Å²) in [5.41, 5.74) is 1.59. The lowest BCUT2D eigenvalue weighted by Gasteiger charge is -2.17. The van der Waals surface area contributed by atoms with E-state index in [0.29, 0.717) is 23.0 Å². The SMILES string of the molecule is COc1ccc(Cl)cc1NC(=O)CN(C)Cc1ccc2c(c1)OCO2. The number of carbonyl (C=O) groups is 1. The Morgan fingerprint density at radius 3 is 2.84 bits per heavy atom. The normalized spacial score (nSPS) is 12.3. The largest absolute Gasteiger partial charge is 0.495 e. The lowest BCUT2D eigenvalue weighted by Crippen LogP contribution is -2.29. The van der Waals surface area contributed by atoms with E-state index in [1.807, 2.05) is 30.1 Å². The van der Waals surface area contributed by atoms with Crippen molar-refractivity contribution in [2.45, 2.75) is 6.54 Å². The van der Waals surface area contributed by atoms with Gasteiger partial charge >= 0.3 is 0 Å². The van der Waals surface area contributed by atoms with Crippen molar-refractivity contribution in [1.82, 2.24) is 4.90 Å². The Morgan fingerprint density at radius 2 is 2.04 bits per heavy atom. The molecule has 2 aromatic rings. The lowest BCUT2D eigenvalue weighted by atomic mass is 10.2. The molecule has 3 rings (SSSR count). The van der Waals surface area contributed by atoms with Gasteiger partial charge in [0.25, 0.3) is 0 Å². The van der Waals surface area contributed by atoms with Gasteiger partial charge in [0.15, 0.2) is 11.5 Å². The molecule has 0 saturated carbocycles. The first kappa shape index (κ1) is 17.4. The summed E-state index contributed by atoms with van der Waals surface area (Å²) < 4.78 is 15.9. The van der Waals surface area contributed by atoms with Gasteiger partial charge in [-0.25, -0.2) is 0 Å². The monoisotopic (exact) mass is 362 g/mol. The molecule has 0 spiro atoms. The van der Waals surface area contributed by atoms with Crippen LogP contribution in [0.4, 0.5) is 5.69 Å². The first-order valence-electron chi connectivity index (χ1n) is 7.75. The Balaban J connectivity index is 1.58. The molecule has 1 N–H and O–H groups in total. The quantitative estimate of drug-likeness (QED) is 0.855. The molecule has 7 heteroatoms. The van der Waals surface area contributed by atoms with Crippen molar-refractivity contribution in [2.24, 2.45) is 0 Å². The number of nitrogens with one attached hydrogen (secondary N) is 1. The fraction of sp³-hybridized carbons (Fsp3) is 0.278. The Bertz CT molecular complexity index is 782. The van der Waals surface area contributed by atoms with E-state index in [-0.39, 0.29) is 19.2 Å². The minimum atomic E-state index is -0.149. The molecule has 0 aliphatic carbocycles. The molecule has 0 radical (unpaired) electrons. The van der Waals surface area contributed by atoms with Gasteiger partial charge in [-0.05, 0) is 42.9 Å². The van der Waals surface area contributed by atoms with Gasteiger partial charge in [-0.3, -0.25) is 9.69 Å². The molecule has 1 amide bonds. The molecule has 1 heterocycles. The van der Waals surface area contributed by atoms with Gasteiger partial charge < -0.3 is 19.5 Å². The van der Waals surface area contributed by atoms with E-state index in [0.717, 1.165) is 17.1 Å². The fourth-order valence-corrected chi connectivity index (χ4v) is 2.79. The molecule has 1 aliphatic heterocycles. The molecule has 1 aliphatic rings. The molecular weight excluding hydrogens is 344 g/mol. The van der Waals surface area contributed by atoms with E-state index >= 15 is 0 Å². The van der Waals surface area contributed by atoms with Gasteiger partial charge in [0.2, 0.25) is 12.7 Å². The molecule has 6 nitrogen and oxygen atoms in total. The van der Waals surface area contributed by atoms with Gasteiger partial charge in [0.05, 0.1) is 19.3 Å². The molecule has 132 valence electrons. The Morgan fingerprint density at radius 1 is 1.24 bits per heavy atom. The van der Waals surface area contributed by atoms with Crippen LogP contribution in [0.25, 0.3) is 0 Å². The van der Waals surface area contributed by atoms with Crippen molar-refractivity contribution in [2.75, 3.05) is 32.8 Å². The maximum Gasteiger partial charge on any atom is 0.238 e. The van der Waals surface area contributed by atoms with Crippen LogP contribution >= 0.6 is 11.6 Å². The van der Waals surface area contributed by atoms with Crippen LogP contribution in [0.3, 0.4) is 0 Å².